The van der Waals surface area contributed by atoms with Gasteiger partial charge in [-0.2, -0.15) is 13.2 Å². The van der Waals surface area contributed by atoms with Gasteiger partial charge < -0.3 is 5.32 Å². The van der Waals surface area contributed by atoms with Crippen molar-refractivity contribution in [1.29, 1.82) is 0 Å². The second kappa shape index (κ2) is 6.95. The van der Waals surface area contributed by atoms with E-state index in [9.17, 15) is 13.2 Å². The Bertz CT molecular complexity index is 555. The Morgan fingerprint density at radius 3 is 2.43 bits per heavy atom. The smallest absolute Gasteiger partial charge is 0.305 e. The molecule has 0 aliphatic heterocycles. The number of nitrogens with one attached hydrogen (secondary N) is 1. The Morgan fingerprint density at radius 1 is 1.14 bits per heavy atom. The molecular weight excluding hydrogens is 297 g/mol. The molecule has 1 aromatic carbocycles. The van der Waals surface area contributed by atoms with E-state index in [2.05, 4.69) is 10.3 Å². The van der Waals surface area contributed by atoms with Gasteiger partial charge in [-0.05, 0) is 48.5 Å². The number of benzene rings is 1. The van der Waals surface area contributed by atoms with Gasteiger partial charge in [0, 0.05) is 23.7 Å². The Balaban J connectivity index is 1.89. The summed E-state index contributed by atoms with van der Waals surface area (Å²) in [5.74, 6) is 0. The topological polar surface area (TPSA) is 24.9 Å². The maximum atomic E-state index is 12.2. The molecule has 2 nitrogen and oxygen atoms in total. The monoisotopic (exact) mass is 312 g/mol. The minimum atomic E-state index is -4.24. The first kappa shape index (κ1) is 15.9. The van der Waals surface area contributed by atoms with E-state index in [4.69, 9.17) is 0 Å². The molecule has 0 amide bonds. The van der Waals surface area contributed by atoms with Crippen molar-refractivity contribution in [2.45, 2.75) is 29.9 Å². The highest BCUT2D eigenvalue weighted by Gasteiger charge is 2.28. The molecule has 0 saturated heterocycles. The molecule has 2 aromatic rings. The van der Waals surface area contributed by atoms with Crippen LogP contribution in [0.5, 0.6) is 0 Å². The van der Waals surface area contributed by atoms with Crippen molar-refractivity contribution >= 4 is 11.8 Å². The van der Waals surface area contributed by atoms with Crippen molar-refractivity contribution < 1.29 is 13.2 Å². The number of aromatic nitrogens is 1. The van der Waals surface area contributed by atoms with Crippen molar-refractivity contribution in [3.63, 3.8) is 0 Å². The number of nitrogens with zero attached hydrogens (tertiary/aromatic N) is 1. The van der Waals surface area contributed by atoms with Gasteiger partial charge in [0.15, 0.2) is 0 Å². The molecule has 1 aromatic heterocycles. The number of hydrogen-bond acceptors (Lipinski definition) is 3. The van der Waals surface area contributed by atoms with Crippen LogP contribution in [-0.2, 0) is 6.54 Å². The Labute approximate surface area is 125 Å². The maximum absolute atomic E-state index is 12.2. The van der Waals surface area contributed by atoms with Crippen LogP contribution in [0.25, 0.3) is 0 Å². The Morgan fingerprint density at radius 2 is 1.86 bits per heavy atom. The predicted molar refractivity (Wildman–Crippen MR) is 77.8 cm³/mol. The second-order valence-corrected chi connectivity index (χ2v) is 5.69. The average Bonchev–Trinajstić information content (AvgIpc) is 2.45. The summed E-state index contributed by atoms with van der Waals surface area (Å²) in [6.07, 6.45) is 1.73. The summed E-state index contributed by atoms with van der Waals surface area (Å²) in [6, 6.07) is 12.2. The van der Waals surface area contributed by atoms with Crippen LogP contribution < -0.4 is 5.32 Å². The highest BCUT2D eigenvalue weighted by atomic mass is 32.2. The summed E-state index contributed by atoms with van der Waals surface area (Å²) in [7, 11) is 0. The van der Waals surface area contributed by atoms with Gasteiger partial charge in [-0.3, -0.25) is 4.98 Å². The summed E-state index contributed by atoms with van der Waals surface area (Å²) >= 11 is -0.0997. The molecule has 1 N–H and O–H groups in total. The largest absolute Gasteiger partial charge is 0.446 e. The zero-order valence-electron chi connectivity index (χ0n) is 11.4. The fourth-order valence-electron chi connectivity index (χ4n) is 1.82. The zero-order chi connectivity index (χ0) is 15.3. The van der Waals surface area contributed by atoms with E-state index in [1.54, 1.807) is 18.3 Å². The van der Waals surface area contributed by atoms with Crippen molar-refractivity contribution in [2.24, 2.45) is 0 Å². The summed E-state index contributed by atoms with van der Waals surface area (Å²) in [5.41, 5.74) is -2.38. The molecule has 0 aliphatic carbocycles. The Kier molecular flexibility index (Phi) is 5.25. The molecule has 1 atom stereocenters. The van der Waals surface area contributed by atoms with Gasteiger partial charge in [-0.25, -0.2) is 0 Å². The van der Waals surface area contributed by atoms with Crippen LogP contribution in [0.4, 0.5) is 13.2 Å². The van der Waals surface area contributed by atoms with E-state index in [0.717, 1.165) is 11.3 Å². The van der Waals surface area contributed by atoms with Crippen LogP contribution >= 0.6 is 11.8 Å². The molecule has 0 spiro atoms. The lowest BCUT2D eigenvalue weighted by Gasteiger charge is -2.13. The molecule has 0 saturated carbocycles. The quantitative estimate of drug-likeness (QED) is 0.820. The third-order valence-electron chi connectivity index (χ3n) is 2.90. The third kappa shape index (κ3) is 5.40. The minimum Gasteiger partial charge on any atom is -0.305 e. The molecule has 1 heterocycles. The normalized spacial score (nSPS) is 13.1. The maximum Gasteiger partial charge on any atom is 0.446 e. The van der Waals surface area contributed by atoms with Gasteiger partial charge in [0.25, 0.3) is 0 Å². The number of alkyl halides is 3. The molecule has 0 bridgehead atoms. The van der Waals surface area contributed by atoms with E-state index in [0.29, 0.717) is 6.54 Å². The van der Waals surface area contributed by atoms with Crippen molar-refractivity contribution in [2.75, 3.05) is 0 Å². The van der Waals surface area contributed by atoms with Crippen LogP contribution in [-0.4, -0.2) is 10.5 Å². The summed E-state index contributed by atoms with van der Waals surface area (Å²) in [6.45, 7) is 2.57. The molecule has 0 unspecified atom stereocenters. The third-order valence-corrected chi connectivity index (χ3v) is 3.64. The first-order valence-corrected chi connectivity index (χ1v) is 7.25. The lowest BCUT2D eigenvalue weighted by molar-refractivity contribution is -0.0328. The van der Waals surface area contributed by atoms with Crippen molar-refractivity contribution in [3.8, 4) is 0 Å². The summed E-state index contributed by atoms with van der Waals surface area (Å²) in [5, 5.41) is 3.29. The van der Waals surface area contributed by atoms with Gasteiger partial charge in [0.1, 0.15) is 0 Å². The SMILES string of the molecule is C[C@H](NCc1ccc(SC(F)(F)F)cc1)c1ccccn1. The molecule has 0 fully saturated rings. The van der Waals surface area contributed by atoms with Crippen molar-refractivity contribution in [3.05, 3.63) is 59.9 Å². The lowest BCUT2D eigenvalue weighted by Crippen LogP contribution is -2.18. The van der Waals surface area contributed by atoms with Crippen LogP contribution in [0.2, 0.25) is 0 Å². The van der Waals surface area contributed by atoms with E-state index in [1.807, 2.05) is 25.1 Å². The fraction of sp³-hybridized carbons (Fsp3) is 0.267. The predicted octanol–water partition coefficient (Wildman–Crippen LogP) is 4.54. The number of hydrogen-bond donors (Lipinski definition) is 1. The van der Waals surface area contributed by atoms with E-state index in [1.165, 1.54) is 12.1 Å². The minimum absolute atomic E-state index is 0.0791. The standard InChI is InChI=1S/C15H15F3N2S/c1-11(14-4-2-3-9-19-14)20-10-12-5-7-13(8-6-12)21-15(16,17)18/h2-9,11,20H,10H2,1H3/t11-/m0/s1. The van der Waals surface area contributed by atoms with Crippen molar-refractivity contribution in [1.82, 2.24) is 10.3 Å². The second-order valence-electron chi connectivity index (χ2n) is 4.55. The van der Waals surface area contributed by atoms with Crippen LogP contribution in [0.15, 0.2) is 53.6 Å². The number of pyridine rings is 1. The van der Waals surface area contributed by atoms with E-state index in [-0.39, 0.29) is 22.7 Å². The fourth-order valence-corrected chi connectivity index (χ4v) is 2.36. The number of rotatable bonds is 5. The van der Waals surface area contributed by atoms with E-state index < -0.39 is 5.51 Å². The lowest BCUT2D eigenvalue weighted by atomic mass is 10.2. The Hall–Kier alpha value is -1.53. The van der Waals surface area contributed by atoms with Crippen LogP contribution in [0, 0.1) is 0 Å². The van der Waals surface area contributed by atoms with Gasteiger partial charge in [0.2, 0.25) is 0 Å². The number of halogens is 3. The molecule has 21 heavy (non-hydrogen) atoms. The highest BCUT2D eigenvalue weighted by molar-refractivity contribution is 8.00. The molecule has 6 heteroatoms. The first-order chi connectivity index (χ1) is 9.94. The van der Waals surface area contributed by atoms with E-state index >= 15 is 0 Å². The molecular formula is C15H15F3N2S. The summed E-state index contributed by atoms with van der Waals surface area (Å²) in [4.78, 5) is 4.45. The van der Waals surface area contributed by atoms with Crippen LogP contribution in [0.3, 0.4) is 0 Å². The molecule has 2 rings (SSSR count). The van der Waals surface area contributed by atoms with Crippen LogP contribution in [0.1, 0.15) is 24.2 Å². The van der Waals surface area contributed by atoms with Gasteiger partial charge >= 0.3 is 5.51 Å². The van der Waals surface area contributed by atoms with Gasteiger partial charge in [0.05, 0.1) is 5.69 Å². The van der Waals surface area contributed by atoms with Gasteiger partial charge in [-0.1, -0.05) is 18.2 Å². The zero-order valence-corrected chi connectivity index (χ0v) is 12.2. The molecule has 112 valence electrons. The highest BCUT2D eigenvalue weighted by Crippen LogP contribution is 2.36. The summed E-state index contributed by atoms with van der Waals surface area (Å²) < 4.78 is 36.7. The number of thioether (sulfide) groups is 1. The van der Waals surface area contributed by atoms with Gasteiger partial charge in [-0.15, -0.1) is 0 Å². The molecule has 0 aliphatic rings. The average molecular weight is 312 g/mol. The first-order valence-electron chi connectivity index (χ1n) is 6.43. The molecule has 0 radical (unpaired) electrons.